The van der Waals surface area contributed by atoms with E-state index in [1.807, 2.05) is 13.8 Å². The predicted octanol–water partition coefficient (Wildman–Crippen LogP) is 2.41. The van der Waals surface area contributed by atoms with Crippen molar-refractivity contribution in [2.24, 2.45) is 5.92 Å². The molecule has 1 fully saturated rings. The van der Waals surface area contributed by atoms with Crippen molar-refractivity contribution in [1.82, 2.24) is 15.5 Å². The summed E-state index contributed by atoms with van der Waals surface area (Å²) in [6.07, 6.45) is 3.03. The van der Waals surface area contributed by atoms with E-state index < -0.39 is 0 Å². The van der Waals surface area contributed by atoms with E-state index >= 15 is 0 Å². The highest BCUT2D eigenvalue weighted by molar-refractivity contribution is 6.05. The van der Waals surface area contributed by atoms with E-state index in [1.54, 1.807) is 49.7 Å². The van der Waals surface area contributed by atoms with Crippen LogP contribution in [0.3, 0.4) is 0 Å². The van der Waals surface area contributed by atoms with Gasteiger partial charge in [0.05, 0.1) is 30.6 Å². The van der Waals surface area contributed by atoms with Gasteiger partial charge in [-0.3, -0.25) is 19.3 Å². The number of para-hydroxylation sites is 1. The molecule has 0 unspecified atom stereocenters. The largest absolute Gasteiger partial charge is 0.467 e. The van der Waals surface area contributed by atoms with E-state index in [0.717, 1.165) is 12.8 Å². The number of rotatable bonds is 8. The van der Waals surface area contributed by atoms with Crippen LogP contribution >= 0.6 is 0 Å². The van der Waals surface area contributed by atoms with Gasteiger partial charge >= 0.3 is 0 Å². The van der Waals surface area contributed by atoms with Crippen molar-refractivity contribution in [2.75, 3.05) is 31.6 Å². The van der Waals surface area contributed by atoms with Crippen molar-refractivity contribution in [3.05, 3.63) is 54.0 Å². The number of anilines is 1. The molecular formula is C24H32N4O4. The quantitative estimate of drug-likeness (QED) is 0.657. The molecule has 0 radical (unpaired) electrons. The first kappa shape index (κ1) is 23.5. The fraction of sp³-hybridized carbons (Fsp3) is 0.458. The number of likely N-dealkylation sites (tertiary alicyclic amines) is 1. The van der Waals surface area contributed by atoms with Crippen molar-refractivity contribution in [2.45, 2.75) is 39.3 Å². The Balaban J connectivity index is 1.56. The average Bonchev–Trinajstić information content (AvgIpc) is 3.30. The van der Waals surface area contributed by atoms with Gasteiger partial charge in [0, 0.05) is 19.0 Å². The van der Waals surface area contributed by atoms with Crippen molar-refractivity contribution in [3.63, 3.8) is 0 Å². The van der Waals surface area contributed by atoms with Gasteiger partial charge in [0.1, 0.15) is 5.76 Å². The van der Waals surface area contributed by atoms with Gasteiger partial charge in [-0.2, -0.15) is 0 Å². The molecule has 0 aliphatic carbocycles. The number of carbonyl (C=O) groups excluding carboxylic acids is 3. The fourth-order valence-corrected chi connectivity index (χ4v) is 3.82. The molecule has 3 amide bonds. The smallest absolute Gasteiger partial charge is 0.253 e. The third-order valence-electron chi connectivity index (χ3n) is 5.64. The van der Waals surface area contributed by atoms with Gasteiger partial charge in [-0.25, -0.2) is 0 Å². The van der Waals surface area contributed by atoms with Gasteiger partial charge in [0.2, 0.25) is 11.8 Å². The molecule has 3 rings (SSSR count). The number of hydrogen-bond acceptors (Lipinski definition) is 5. The lowest BCUT2D eigenvalue weighted by Gasteiger charge is -2.32. The van der Waals surface area contributed by atoms with Gasteiger partial charge in [0.15, 0.2) is 0 Å². The maximum absolute atomic E-state index is 13.0. The van der Waals surface area contributed by atoms with Crippen LogP contribution in [0.4, 0.5) is 5.69 Å². The van der Waals surface area contributed by atoms with Crippen LogP contribution in [-0.2, 0) is 16.1 Å². The number of nitrogens with zero attached hydrogens (tertiary/aromatic N) is 2. The van der Waals surface area contributed by atoms with Crippen molar-refractivity contribution in [1.29, 1.82) is 0 Å². The molecular weight excluding hydrogens is 408 g/mol. The number of nitrogens with one attached hydrogen (secondary N) is 2. The Bertz CT molecular complexity index is 918. The lowest BCUT2D eigenvalue weighted by molar-refractivity contribution is -0.127. The minimum atomic E-state index is -0.270. The maximum atomic E-state index is 13.0. The van der Waals surface area contributed by atoms with E-state index in [4.69, 9.17) is 4.42 Å². The average molecular weight is 441 g/mol. The number of amides is 3. The maximum Gasteiger partial charge on any atom is 0.253 e. The summed E-state index contributed by atoms with van der Waals surface area (Å²) in [5.74, 6) is 0.387. The zero-order chi connectivity index (χ0) is 23.1. The first-order valence-corrected chi connectivity index (χ1v) is 11.0. The molecule has 1 aromatic heterocycles. The summed E-state index contributed by atoms with van der Waals surface area (Å²) >= 11 is 0. The Hall–Kier alpha value is -3.13. The second-order valence-corrected chi connectivity index (χ2v) is 8.45. The molecule has 32 heavy (non-hydrogen) atoms. The van der Waals surface area contributed by atoms with Crippen molar-refractivity contribution in [3.8, 4) is 0 Å². The summed E-state index contributed by atoms with van der Waals surface area (Å²) in [4.78, 5) is 41.5. The van der Waals surface area contributed by atoms with Crippen LogP contribution in [0.1, 0.15) is 42.8 Å². The van der Waals surface area contributed by atoms with Crippen LogP contribution in [0.5, 0.6) is 0 Å². The van der Waals surface area contributed by atoms with Crippen LogP contribution in [-0.4, -0.2) is 55.3 Å². The van der Waals surface area contributed by atoms with Crippen LogP contribution in [0, 0.1) is 5.92 Å². The Morgan fingerprint density at radius 3 is 2.50 bits per heavy atom. The Kier molecular flexibility index (Phi) is 8.05. The molecule has 1 aromatic carbocycles. The molecule has 2 N–H and O–H groups in total. The molecule has 1 aliphatic rings. The molecule has 2 heterocycles. The summed E-state index contributed by atoms with van der Waals surface area (Å²) in [7, 11) is 1.68. The molecule has 172 valence electrons. The molecule has 1 saturated heterocycles. The normalized spacial score (nSPS) is 14.9. The Morgan fingerprint density at radius 2 is 1.84 bits per heavy atom. The molecule has 8 heteroatoms. The van der Waals surface area contributed by atoms with E-state index in [0.29, 0.717) is 30.1 Å². The Morgan fingerprint density at radius 1 is 1.12 bits per heavy atom. The minimum Gasteiger partial charge on any atom is -0.467 e. The highest BCUT2D eigenvalue weighted by Gasteiger charge is 2.27. The van der Waals surface area contributed by atoms with Crippen molar-refractivity contribution >= 4 is 23.4 Å². The number of carbonyl (C=O) groups is 3. The lowest BCUT2D eigenvalue weighted by atomic mass is 9.95. The van der Waals surface area contributed by atoms with Gasteiger partial charge in [-0.15, -0.1) is 0 Å². The number of likely N-dealkylation sites (N-methyl/N-ethyl adjacent to an activating group) is 1. The summed E-state index contributed by atoms with van der Waals surface area (Å²) in [6, 6.07) is 10.7. The zero-order valence-corrected chi connectivity index (χ0v) is 19.0. The number of benzene rings is 1. The molecule has 2 aromatic rings. The number of piperidine rings is 1. The number of furan rings is 1. The van der Waals surface area contributed by atoms with Gasteiger partial charge in [-0.05, 0) is 64.0 Å². The molecule has 1 aliphatic heterocycles. The third kappa shape index (κ3) is 6.20. The number of hydrogen-bond donors (Lipinski definition) is 2. The first-order chi connectivity index (χ1) is 15.3. The van der Waals surface area contributed by atoms with Crippen LogP contribution in [0.15, 0.2) is 47.1 Å². The van der Waals surface area contributed by atoms with E-state index in [9.17, 15) is 14.4 Å². The van der Waals surface area contributed by atoms with Gasteiger partial charge < -0.3 is 20.0 Å². The summed E-state index contributed by atoms with van der Waals surface area (Å²) in [6.45, 7) is 5.82. The van der Waals surface area contributed by atoms with Crippen LogP contribution in [0.25, 0.3) is 0 Å². The monoisotopic (exact) mass is 440 g/mol. The van der Waals surface area contributed by atoms with Gasteiger partial charge in [-0.1, -0.05) is 12.1 Å². The van der Waals surface area contributed by atoms with Crippen LogP contribution in [0.2, 0.25) is 0 Å². The topological polar surface area (TPSA) is 94.9 Å². The summed E-state index contributed by atoms with van der Waals surface area (Å²) in [5.41, 5.74) is 0.986. The predicted molar refractivity (Wildman–Crippen MR) is 122 cm³/mol. The SMILES string of the molecule is CC(C)NC(=O)C1CCN(CC(=O)N(C)c2ccccc2C(=O)NCc2ccco2)CC1. The standard InChI is InChI=1S/C24H32N4O4/c1-17(2)26-23(30)18-10-12-28(13-11-18)16-22(29)27(3)21-9-5-4-8-20(21)24(31)25-15-19-7-6-14-32-19/h4-9,14,17-18H,10-13,15-16H2,1-3H3,(H,25,31)(H,26,30). The second kappa shape index (κ2) is 10.9. The van der Waals surface area contributed by atoms with Gasteiger partial charge in [0.25, 0.3) is 5.91 Å². The summed E-state index contributed by atoms with van der Waals surface area (Å²) in [5, 5.41) is 5.79. The highest BCUT2D eigenvalue weighted by Crippen LogP contribution is 2.21. The van der Waals surface area contributed by atoms with E-state index in [-0.39, 0.29) is 42.8 Å². The molecule has 8 nitrogen and oxygen atoms in total. The Labute approximate surface area is 188 Å². The lowest BCUT2D eigenvalue weighted by Crippen LogP contribution is -2.46. The molecule has 0 atom stereocenters. The first-order valence-electron chi connectivity index (χ1n) is 11.0. The zero-order valence-electron chi connectivity index (χ0n) is 19.0. The fourth-order valence-electron chi connectivity index (χ4n) is 3.82. The third-order valence-corrected chi connectivity index (χ3v) is 5.64. The van der Waals surface area contributed by atoms with E-state index in [2.05, 4.69) is 15.5 Å². The van der Waals surface area contributed by atoms with E-state index in [1.165, 1.54) is 4.90 Å². The highest BCUT2D eigenvalue weighted by atomic mass is 16.3. The second-order valence-electron chi connectivity index (χ2n) is 8.45. The molecule has 0 saturated carbocycles. The molecule has 0 bridgehead atoms. The molecule has 0 spiro atoms. The minimum absolute atomic E-state index is 0.0000604. The van der Waals surface area contributed by atoms with Crippen LogP contribution < -0.4 is 15.5 Å². The summed E-state index contributed by atoms with van der Waals surface area (Å²) < 4.78 is 5.25. The van der Waals surface area contributed by atoms with Crippen molar-refractivity contribution < 1.29 is 18.8 Å².